The van der Waals surface area contributed by atoms with Crippen LogP contribution in [0.2, 0.25) is 5.02 Å². The predicted molar refractivity (Wildman–Crippen MR) is 106 cm³/mol. The lowest BCUT2D eigenvalue weighted by Crippen LogP contribution is -2.29. The van der Waals surface area contributed by atoms with E-state index >= 15 is 0 Å². The monoisotopic (exact) mass is 420 g/mol. The summed E-state index contributed by atoms with van der Waals surface area (Å²) in [6.07, 6.45) is 0.859. The molecule has 3 aromatic rings. The van der Waals surface area contributed by atoms with Crippen LogP contribution in [0.1, 0.15) is 33.6 Å². The lowest BCUT2D eigenvalue weighted by molar-refractivity contribution is 0.102. The smallest absolute Gasteiger partial charge is 0.263 e. The van der Waals surface area contributed by atoms with Gasteiger partial charge in [0.15, 0.2) is 5.13 Å². The molecule has 1 aliphatic heterocycles. The molecule has 1 N–H and O–H groups in total. The van der Waals surface area contributed by atoms with Crippen LogP contribution in [0.3, 0.4) is 0 Å². The molecule has 146 valence electrons. The van der Waals surface area contributed by atoms with E-state index in [9.17, 15) is 9.18 Å². The van der Waals surface area contributed by atoms with Crippen LogP contribution in [0.25, 0.3) is 11.3 Å². The molecule has 0 aliphatic carbocycles. The molecule has 0 unspecified atom stereocenters. The number of fused-ring (bicyclic) bond motifs is 1. The lowest BCUT2D eigenvalue weighted by Gasteiger charge is -2.23. The maximum Gasteiger partial charge on any atom is 0.263 e. The topological polar surface area (TPSA) is 71.3 Å². The Labute approximate surface area is 170 Å². The van der Waals surface area contributed by atoms with E-state index < -0.39 is 11.7 Å². The summed E-state index contributed by atoms with van der Waals surface area (Å²) in [5.41, 5.74) is 1.29. The number of nitrogens with one attached hydrogen (secondary N) is 1. The van der Waals surface area contributed by atoms with E-state index in [2.05, 4.69) is 27.3 Å². The average molecular weight is 421 g/mol. The zero-order valence-electron chi connectivity index (χ0n) is 15.4. The highest BCUT2D eigenvalue weighted by molar-refractivity contribution is 7.15. The van der Waals surface area contributed by atoms with E-state index in [4.69, 9.17) is 16.1 Å². The summed E-state index contributed by atoms with van der Waals surface area (Å²) in [6.45, 7) is 6.50. The summed E-state index contributed by atoms with van der Waals surface area (Å²) in [4.78, 5) is 21.0. The quantitative estimate of drug-likeness (QED) is 0.671. The number of thiazole rings is 1. The minimum atomic E-state index is -0.570. The Morgan fingerprint density at radius 3 is 3.04 bits per heavy atom. The second kappa shape index (κ2) is 7.62. The number of anilines is 1. The molecule has 0 saturated heterocycles. The van der Waals surface area contributed by atoms with Crippen molar-refractivity contribution >= 4 is 34.0 Å². The Bertz CT molecular complexity index is 1030. The van der Waals surface area contributed by atoms with Crippen molar-refractivity contribution in [1.29, 1.82) is 0 Å². The van der Waals surface area contributed by atoms with Crippen LogP contribution in [-0.4, -0.2) is 34.0 Å². The summed E-state index contributed by atoms with van der Waals surface area (Å²) < 4.78 is 19.5. The fourth-order valence-corrected chi connectivity index (χ4v) is 4.56. The molecule has 0 radical (unpaired) electrons. The summed E-state index contributed by atoms with van der Waals surface area (Å²) in [7, 11) is 0. The molecule has 0 bridgehead atoms. The third-order valence-corrected chi connectivity index (χ3v) is 6.08. The van der Waals surface area contributed by atoms with Crippen molar-refractivity contribution in [2.75, 3.05) is 18.4 Å². The highest BCUT2D eigenvalue weighted by atomic mass is 35.5. The largest absolute Gasteiger partial charge is 0.360 e. The number of carbonyl (C=O) groups excluding carboxylic acids is 1. The third kappa shape index (κ3) is 3.43. The number of hydrogen-bond donors (Lipinski definition) is 1. The summed E-state index contributed by atoms with van der Waals surface area (Å²) in [5, 5.41) is 7.35. The van der Waals surface area contributed by atoms with Gasteiger partial charge in [0.2, 0.25) is 0 Å². The van der Waals surface area contributed by atoms with Gasteiger partial charge in [-0.25, -0.2) is 9.37 Å². The number of likely N-dealkylation sites (N-methyl/N-ethyl adjacent to an activating group) is 1. The molecule has 3 heterocycles. The molecular formula is C19H18ClFN4O2S. The van der Waals surface area contributed by atoms with Crippen LogP contribution in [-0.2, 0) is 13.0 Å². The van der Waals surface area contributed by atoms with Crippen LogP contribution in [0, 0.1) is 12.7 Å². The Balaban J connectivity index is 1.64. The number of hydrogen-bond acceptors (Lipinski definition) is 6. The third-order valence-electron chi connectivity index (χ3n) is 4.77. The van der Waals surface area contributed by atoms with Gasteiger partial charge in [0.25, 0.3) is 5.91 Å². The van der Waals surface area contributed by atoms with Gasteiger partial charge in [0, 0.05) is 24.4 Å². The first-order chi connectivity index (χ1) is 13.5. The molecule has 0 saturated carbocycles. The summed E-state index contributed by atoms with van der Waals surface area (Å²) in [6, 6.07) is 4.30. The predicted octanol–water partition coefficient (Wildman–Crippen LogP) is 4.53. The molecule has 9 heteroatoms. The van der Waals surface area contributed by atoms with Gasteiger partial charge in [-0.05, 0) is 25.6 Å². The molecule has 0 atom stereocenters. The van der Waals surface area contributed by atoms with Gasteiger partial charge in [-0.2, -0.15) is 0 Å². The number of amides is 1. The van der Waals surface area contributed by atoms with Crippen molar-refractivity contribution in [3.05, 3.63) is 50.9 Å². The molecular weight excluding hydrogens is 403 g/mol. The Hall–Kier alpha value is -2.29. The number of rotatable bonds is 4. The van der Waals surface area contributed by atoms with Crippen molar-refractivity contribution in [2.24, 2.45) is 0 Å². The molecule has 28 heavy (non-hydrogen) atoms. The Kier molecular flexibility index (Phi) is 5.18. The van der Waals surface area contributed by atoms with Gasteiger partial charge < -0.3 is 4.52 Å². The maximum absolute atomic E-state index is 14.3. The van der Waals surface area contributed by atoms with Gasteiger partial charge in [0.05, 0.1) is 16.3 Å². The van der Waals surface area contributed by atoms with Gasteiger partial charge in [-0.15, -0.1) is 11.3 Å². The van der Waals surface area contributed by atoms with Crippen LogP contribution >= 0.6 is 22.9 Å². The van der Waals surface area contributed by atoms with Crippen molar-refractivity contribution in [1.82, 2.24) is 15.0 Å². The minimum absolute atomic E-state index is 0.0446. The van der Waals surface area contributed by atoms with E-state index in [1.807, 2.05) is 0 Å². The second-order valence-corrected chi connectivity index (χ2v) is 8.01. The van der Waals surface area contributed by atoms with Crippen molar-refractivity contribution < 1.29 is 13.7 Å². The average Bonchev–Trinajstić information content (AvgIpc) is 3.23. The van der Waals surface area contributed by atoms with E-state index in [1.165, 1.54) is 23.5 Å². The van der Waals surface area contributed by atoms with Gasteiger partial charge in [-0.3, -0.25) is 15.0 Å². The van der Waals surface area contributed by atoms with Crippen LogP contribution in [0.5, 0.6) is 0 Å². The van der Waals surface area contributed by atoms with Crippen LogP contribution in [0.4, 0.5) is 9.52 Å². The lowest BCUT2D eigenvalue weighted by atomic mass is 10.1. The number of halogens is 2. The fourth-order valence-electron chi connectivity index (χ4n) is 3.27. The fraction of sp³-hybridized carbons (Fsp3) is 0.316. The van der Waals surface area contributed by atoms with E-state index in [1.54, 1.807) is 13.0 Å². The van der Waals surface area contributed by atoms with Crippen molar-refractivity contribution in [2.45, 2.75) is 26.8 Å². The molecule has 1 aliphatic rings. The van der Waals surface area contributed by atoms with Gasteiger partial charge >= 0.3 is 0 Å². The first-order valence-electron chi connectivity index (χ1n) is 8.90. The Morgan fingerprint density at radius 1 is 1.46 bits per heavy atom. The molecule has 4 rings (SSSR count). The Morgan fingerprint density at radius 2 is 2.29 bits per heavy atom. The molecule has 1 aromatic carbocycles. The number of carbonyl (C=O) groups is 1. The van der Waals surface area contributed by atoms with Gasteiger partial charge in [-0.1, -0.05) is 29.7 Å². The SMILES string of the molecule is CCN1CCc2nc(NC(=O)c3c(-c4c(F)cccc4Cl)noc3C)sc2C1. The van der Waals surface area contributed by atoms with Crippen LogP contribution in [0.15, 0.2) is 22.7 Å². The number of aromatic nitrogens is 2. The molecule has 0 spiro atoms. The van der Waals surface area contributed by atoms with Crippen LogP contribution < -0.4 is 5.32 Å². The number of aryl methyl sites for hydroxylation is 1. The van der Waals surface area contributed by atoms with E-state index in [0.29, 0.717) is 5.13 Å². The minimum Gasteiger partial charge on any atom is -0.360 e. The molecule has 2 aromatic heterocycles. The second-order valence-electron chi connectivity index (χ2n) is 6.52. The number of nitrogens with zero attached hydrogens (tertiary/aromatic N) is 3. The standard InChI is InChI=1S/C19H18ClFN4O2S/c1-3-25-8-7-13-14(9-25)28-19(22-13)23-18(26)15-10(2)27-24-17(15)16-11(20)5-4-6-12(16)21/h4-6H,3,7-9H2,1-2H3,(H,22,23,26). The van der Waals surface area contributed by atoms with Crippen molar-refractivity contribution in [3.63, 3.8) is 0 Å². The highest BCUT2D eigenvalue weighted by Crippen LogP contribution is 2.34. The van der Waals surface area contributed by atoms with E-state index in [-0.39, 0.29) is 27.6 Å². The first kappa shape index (κ1) is 19.0. The summed E-state index contributed by atoms with van der Waals surface area (Å²) >= 11 is 7.60. The molecule has 1 amide bonds. The zero-order valence-corrected chi connectivity index (χ0v) is 17.0. The van der Waals surface area contributed by atoms with Crippen molar-refractivity contribution in [3.8, 4) is 11.3 Å². The van der Waals surface area contributed by atoms with E-state index in [0.717, 1.165) is 36.6 Å². The zero-order chi connectivity index (χ0) is 19.8. The normalized spacial score (nSPS) is 14.1. The maximum atomic E-state index is 14.3. The number of benzene rings is 1. The first-order valence-corrected chi connectivity index (χ1v) is 10.1. The van der Waals surface area contributed by atoms with Gasteiger partial charge in [0.1, 0.15) is 22.8 Å². The summed E-state index contributed by atoms with van der Waals surface area (Å²) in [5.74, 6) is -0.740. The highest BCUT2D eigenvalue weighted by Gasteiger charge is 2.27. The molecule has 6 nitrogen and oxygen atoms in total. The molecule has 0 fully saturated rings.